The molecule has 2 aromatic rings. The minimum absolute atomic E-state index is 0.0736. The molecule has 2 aromatic carbocycles. The summed E-state index contributed by atoms with van der Waals surface area (Å²) >= 11 is 0. The smallest absolute Gasteiger partial charge is 0.211 e. The quantitative estimate of drug-likeness (QED) is 0.365. The van der Waals surface area contributed by atoms with Gasteiger partial charge in [-0.25, -0.2) is 0 Å². The highest BCUT2D eigenvalue weighted by molar-refractivity contribution is 6.00. The monoisotopic (exact) mass is 350 g/mol. The Kier molecular flexibility index (Phi) is 6.05. The number of nitrogens with zero attached hydrogens (tertiary/aromatic N) is 4. The summed E-state index contributed by atoms with van der Waals surface area (Å²) < 4.78 is 0. The van der Waals surface area contributed by atoms with E-state index in [1.807, 2.05) is 62.4 Å². The van der Waals surface area contributed by atoms with Gasteiger partial charge in [0.25, 0.3) is 0 Å². The molecule has 8 heteroatoms. The van der Waals surface area contributed by atoms with Crippen LogP contribution in [-0.2, 0) is 0 Å². The Morgan fingerprint density at radius 3 is 1.69 bits per heavy atom. The number of hydrogen-bond acceptors (Lipinski definition) is 4. The van der Waals surface area contributed by atoms with E-state index < -0.39 is 0 Å². The molecular formula is C18H22N8. The second kappa shape index (κ2) is 8.43. The first-order chi connectivity index (χ1) is 12.4. The fourth-order valence-electron chi connectivity index (χ4n) is 2.21. The summed E-state index contributed by atoms with van der Waals surface area (Å²) in [6.07, 6.45) is 0. The predicted molar refractivity (Wildman–Crippen MR) is 108 cm³/mol. The fourth-order valence-corrected chi connectivity index (χ4v) is 2.21. The van der Waals surface area contributed by atoms with Crippen molar-refractivity contribution in [2.75, 3.05) is 0 Å². The Balaban J connectivity index is 2.28. The van der Waals surface area contributed by atoms with Crippen molar-refractivity contribution in [3.63, 3.8) is 0 Å². The van der Waals surface area contributed by atoms with Crippen LogP contribution in [0.1, 0.15) is 25.0 Å². The maximum absolute atomic E-state index is 5.31. The molecular weight excluding hydrogens is 328 g/mol. The summed E-state index contributed by atoms with van der Waals surface area (Å²) in [5, 5.41) is 15.3. The lowest BCUT2D eigenvalue weighted by molar-refractivity contribution is 1.19. The lowest BCUT2D eigenvalue weighted by Crippen LogP contribution is -2.22. The third kappa shape index (κ3) is 5.17. The highest BCUT2D eigenvalue weighted by Crippen LogP contribution is 2.21. The van der Waals surface area contributed by atoms with Crippen molar-refractivity contribution >= 4 is 23.3 Å². The van der Waals surface area contributed by atoms with Crippen LogP contribution in [0.5, 0.6) is 0 Å². The van der Waals surface area contributed by atoms with Crippen molar-refractivity contribution in [3.05, 3.63) is 59.7 Å². The molecule has 8 nitrogen and oxygen atoms in total. The van der Waals surface area contributed by atoms with E-state index in [1.54, 1.807) is 0 Å². The molecule has 0 saturated heterocycles. The number of hydrogen-bond donors (Lipinski definition) is 4. The van der Waals surface area contributed by atoms with Crippen molar-refractivity contribution in [2.24, 2.45) is 43.3 Å². The summed E-state index contributed by atoms with van der Waals surface area (Å²) in [7, 11) is 0. The van der Waals surface area contributed by atoms with Crippen LogP contribution in [0.15, 0.2) is 68.9 Å². The molecule has 0 aliphatic carbocycles. The van der Waals surface area contributed by atoms with E-state index in [2.05, 4.69) is 20.4 Å². The molecule has 2 rings (SSSR count). The summed E-state index contributed by atoms with van der Waals surface area (Å²) in [4.78, 5) is 0. The molecule has 0 radical (unpaired) electrons. The standard InChI is InChI=1S/C18H22N8/c1-11(23-25-17(19)20)13-6-8-14(9-7-13)16-5-3-4-15(10-16)12(2)24-26-18(21)22/h3-10H,1-2H3,(H4,19,20,25)(H4,21,22,26)/b23-11+,24-12+. The Bertz CT molecular complexity index is 884. The highest BCUT2D eigenvalue weighted by Gasteiger charge is 2.04. The fraction of sp³-hybridized carbons (Fsp3) is 0.111. The van der Waals surface area contributed by atoms with Crippen LogP contribution in [0.2, 0.25) is 0 Å². The largest absolute Gasteiger partial charge is 0.369 e. The van der Waals surface area contributed by atoms with Gasteiger partial charge in [-0.15, -0.1) is 10.2 Å². The minimum atomic E-state index is -0.0751. The molecule has 0 aliphatic heterocycles. The molecule has 0 aromatic heterocycles. The molecule has 0 aliphatic rings. The van der Waals surface area contributed by atoms with E-state index >= 15 is 0 Å². The van der Waals surface area contributed by atoms with Crippen molar-refractivity contribution < 1.29 is 0 Å². The normalized spacial score (nSPS) is 11.8. The van der Waals surface area contributed by atoms with Gasteiger partial charge in [-0.3, -0.25) is 0 Å². The second-order valence-corrected chi connectivity index (χ2v) is 5.58. The van der Waals surface area contributed by atoms with Crippen LogP contribution >= 0.6 is 0 Å². The molecule has 134 valence electrons. The maximum atomic E-state index is 5.31. The number of rotatable bonds is 5. The minimum Gasteiger partial charge on any atom is -0.369 e. The third-order valence-electron chi connectivity index (χ3n) is 3.55. The van der Waals surface area contributed by atoms with Crippen molar-refractivity contribution in [1.29, 1.82) is 0 Å². The molecule has 0 amide bonds. The SMILES string of the molecule is C/C(=N\N=C(N)N)c1ccc(-c2cccc(/C(C)=N/N=C(N)N)c2)cc1. The first-order valence-electron chi connectivity index (χ1n) is 7.84. The average molecular weight is 350 g/mol. The molecule has 0 fully saturated rings. The zero-order valence-electron chi connectivity index (χ0n) is 14.7. The molecule has 26 heavy (non-hydrogen) atoms. The molecule has 0 heterocycles. The molecule has 0 bridgehead atoms. The van der Waals surface area contributed by atoms with Gasteiger partial charge in [0.2, 0.25) is 11.9 Å². The van der Waals surface area contributed by atoms with E-state index in [9.17, 15) is 0 Å². The Morgan fingerprint density at radius 2 is 1.15 bits per heavy atom. The van der Waals surface area contributed by atoms with Gasteiger partial charge in [0, 0.05) is 0 Å². The maximum Gasteiger partial charge on any atom is 0.211 e. The topological polar surface area (TPSA) is 154 Å². The van der Waals surface area contributed by atoms with Gasteiger partial charge in [-0.2, -0.15) is 10.2 Å². The van der Waals surface area contributed by atoms with Gasteiger partial charge in [0.05, 0.1) is 11.4 Å². The number of benzene rings is 2. The Morgan fingerprint density at radius 1 is 0.615 bits per heavy atom. The summed E-state index contributed by atoms with van der Waals surface area (Å²) in [6.45, 7) is 3.68. The lowest BCUT2D eigenvalue weighted by atomic mass is 9.99. The van der Waals surface area contributed by atoms with Crippen LogP contribution in [-0.4, -0.2) is 23.3 Å². The molecule has 0 saturated carbocycles. The van der Waals surface area contributed by atoms with Crippen LogP contribution in [0.4, 0.5) is 0 Å². The van der Waals surface area contributed by atoms with Crippen LogP contribution in [0, 0.1) is 0 Å². The highest BCUT2D eigenvalue weighted by atomic mass is 15.3. The molecule has 0 atom stereocenters. The van der Waals surface area contributed by atoms with E-state index in [0.717, 1.165) is 33.7 Å². The Labute approximate surface area is 152 Å². The molecule has 8 N–H and O–H groups in total. The second-order valence-electron chi connectivity index (χ2n) is 5.58. The summed E-state index contributed by atoms with van der Waals surface area (Å²) in [5.41, 5.74) is 26.6. The van der Waals surface area contributed by atoms with Gasteiger partial charge in [0.15, 0.2) is 0 Å². The van der Waals surface area contributed by atoms with Crippen LogP contribution < -0.4 is 22.9 Å². The average Bonchev–Trinajstić information content (AvgIpc) is 2.64. The predicted octanol–water partition coefficient (Wildman–Crippen LogP) is 1.35. The van der Waals surface area contributed by atoms with E-state index in [1.165, 1.54) is 0 Å². The third-order valence-corrected chi connectivity index (χ3v) is 3.55. The zero-order valence-corrected chi connectivity index (χ0v) is 14.7. The van der Waals surface area contributed by atoms with Gasteiger partial charge in [-0.05, 0) is 42.2 Å². The first kappa shape index (κ1) is 18.7. The first-order valence-corrected chi connectivity index (χ1v) is 7.84. The van der Waals surface area contributed by atoms with E-state index in [-0.39, 0.29) is 11.9 Å². The lowest BCUT2D eigenvalue weighted by Gasteiger charge is -2.06. The zero-order chi connectivity index (χ0) is 19.1. The number of guanidine groups is 2. The summed E-state index contributed by atoms with van der Waals surface area (Å²) in [5.74, 6) is -0.149. The van der Waals surface area contributed by atoms with Crippen LogP contribution in [0.3, 0.4) is 0 Å². The Hall–Kier alpha value is -3.68. The van der Waals surface area contributed by atoms with Crippen molar-refractivity contribution in [1.82, 2.24) is 0 Å². The summed E-state index contributed by atoms with van der Waals surface area (Å²) in [6, 6.07) is 15.9. The van der Waals surface area contributed by atoms with Crippen molar-refractivity contribution in [3.8, 4) is 11.1 Å². The van der Waals surface area contributed by atoms with Gasteiger partial charge in [0.1, 0.15) is 0 Å². The van der Waals surface area contributed by atoms with E-state index in [0.29, 0.717) is 0 Å². The van der Waals surface area contributed by atoms with Gasteiger partial charge in [-0.1, -0.05) is 42.5 Å². The number of nitrogens with two attached hydrogens (primary N) is 4. The van der Waals surface area contributed by atoms with E-state index in [4.69, 9.17) is 22.9 Å². The van der Waals surface area contributed by atoms with Crippen molar-refractivity contribution in [2.45, 2.75) is 13.8 Å². The molecule has 0 unspecified atom stereocenters. The molecule has 0 spiro atoms. The van der Waals surface area contributed by atoms with Gasteiger partial charge < -0.3 is 22.9 Å². The van der Waals surface area contributed by atoms with Gasteiger partial charge >= 0.3 is 0 Å². The van der Waals surface area contributed by atoms with Crippen LogP contribution in [0.25, 0.3) is 11.1 Å².